The Balaban J connectivity index is 1.36. The Labute approximate surface area is 270 Å². The van der Waals surface area contributed by atoms with E-state index in [4.69, 9.17) is 11.6 Å². The third-order valence-electron chi connectivity index (χ3n) is 8.13. The zero-order valence-electron chi connectivity index (χ0n) is 25.1. The number of hydrogen-bond donors (Lipinski definition) is 1. The molecule has 7 nitrogen and oxygen atoms in total. The van der Waals surface area contributed by atoms with Gasteiger partial charge >= 0.3 is 0 Å². The van der Waals surface area contributed by atoms with Crippen molar-refractivity contribution in [3.63, 3.8) is 0 Å². The standard InChI is InChI=1S/C36H38ClN3O4S/c37-33-16-8-7-15-31(33)26-38-36(42)34(25-29-11-3-1-4-12-29)40(27-30-13-5-2-6-14-30)35(41)22-19-28-17-20-32(21-18-28)45(43,44)39-23-9-10-24-39/h1-8,11-18,20-21,34H,9-10,19,22-27H2,(H,38,42)/t34-/m0/s1. The lowest BCUT2D eigenvalue weighted by Crippen LogP contribution is -2.50. The number of nitrogens with one attached hydrogen (secondary N) is 1. The van der Waals surface area contributed by atoms with Gasteiger partial charge in [-0.25, -0.2) is 8.42 Å². The Morgan fingerprint density at radius 3 is 2.02 bits per heavy atom. The van der Waals surface area contributed by atoms with Crippen molar-refractivity contribution in [2.75, 3.05) is 13.1 Å². The van der Waals surface area contributed by atoms with E-state index in [1.54, 1.807) is 35.2 Å². The molecule has 0 aliphatic carbocycles. The van der Waals surface area contributed by atoms with Crippen LogP contribution in [-0.2, 0) is 45.5 Å². The molecule has 4 aromatic rings. The van der Waals surface area contributed by atoms with Crippen molar-refractivity contribution >= 4 is 33.4 Å². The summed E-state index contributed by atoms with van der Waals surface area (Å²) in [5, 5.41) is 3.58. The molecule has 1 N–H and O–H groups in total. The van der Waals surface area contributed by atoms with Crippen LogP contribution >= 0.6 is 11.6 Å². The highest BCUT2D eigenvalue weighted by Gasteiger charge is 2.31. The zero-order valence-corrected chi connectivity index (χ0v) is 26.7. The van der Waals surface area contributed by atoms with Gasteiger partial charge in [-0.2, -0.15) is 4.31 Å². The van der Waals surface area contributed by atoms with Gasteiger partial charge in [0.15, 0.2) is 0 Å². The first kappa shape index (κ1) is 32.4. The molecule has 1 fully saturated rings. The Hall–Kier alpha value is -3.98. The van der Waals surface area contributed by atoms with Crippen molar-refractivity contribution in [3.8, 4) is 0 Å². The molecule has 1 heterocycles. The Bertz CT molecular complexity index is 1680. The van der Waals surface area contributed by atoms with E-state index < -0.39 is 16.1 Å². The Morgan fingerprint density at radius 2 is 1.38 bits per heavy atom. The third kappa shape index (κ3) is 8.60. The van der Waals surface area contributed by atoms with E-state index in [-0.39, 0.29) is 36.2 Å². The molecule has 0 saturated carbocycles. The van der Waals surface area contributed by atoms with Crippen LogP contribution in [0, 0.1) is 0 Å². The molecule has 0 bridgehead atoms. The number of carbonyl (C=O) groups excluding carboxylic acids is 2. The maximum Gasteiger partial charge on any atom is 0.243 e. The number of aryl methyl sites for hydroxylation is 1. The number of amides is 2. The Kier molecular flexibility index (Phi) is 11.1. The first-order chi connectivity index (χ1) is 21.8. The molecular formula is C36H38ClN3O4S. The van der Waals surface area contributed by atoms with E-state index >= 15 is 0 Å². The van der Waals surface area contributed by atoms with E-state index in [1.807, 2.05) is 78.9 Å². The van der Waals surface area contributed by atoms with E-state index in [9.17, 15) is 18.0 Å². The fourth-order valence-electron chi connectivity index (χ4n) is 5.58. The van der Waals surface area contributed by atoms with Gasteiger partial charge in [-0.15, -0.1) is 0 Å². The maximum atomic E-state index is 14.0. The molecule has 0 unspecified atom stereocenters. The molecule has 5 rings (SSSR count). The predicted octanol–water partition coefficient (Wildman–Crippen LogP) is 6.01. The molecule has 0 spiro atoms. The van der Waals surface area contributed by atoms with Crippen molar-refractivity contribution in [2.24, 2.45) is 0 Å². The topological polar surface area (TPSA) is 86.8 Å². The van der Waals surface area contributed by atoms with Gasteiger partial charge in [-0.05, 0) is 59.7 Å². The van der Waals surface area contributed by atoms with Gasteiger partial charge in [-0.1, -0.05) is 103 Å². The van der Waals surface area contributed by atoms with E-state index in [2.05, 4.69) is 5.32 Å². The van der Waals surface area contributed by atoms with Crippen LogP contribution in [0.25, 0.3) is 0 Å². The molecule has 0 radical (unpaired) electrons. The van der Waals surface area contributed by atoms with Gasteiger partial charge in [0.25, 0.3) is 0 Å². The first-order valence-corrected chi connectivity index (χ1v) is 17.1. The summed E-state index contributed by atoms with van der Waals surface area (Å²) in [5.74, 6) is -0.430. The van der Waals surface area contributed by atoms with Crippen LogP contribution in [0.3, 0.4) is 0 Å². The molecule has 234 valence electrons. The van der Waals surface area contributed by atoms with Crippen molar-refractivity contribution in [1.82, 2.24) is 14.5 Å². The van der Waals surface area contributed by atoms with Crippen LogP contribution in [0.1, 0.15) is 41.5 Å². The number of rotatable bonds is 13. The summed E-state index contributed by atoms with van der Waals surface area (Å²) in [6, 6.07) is 32.7. The lowest BCUT2D eigenvalue weighted by molar-refractivity contribution is -0.141. The second-order valence-corrected chi connectivity index (χ2v) is 13.6. The predicted molar refractivity (Wildman–Crippen MR) is 177 cm³/mol. The van der Waals surface area contributed by atoms with Gasteiger partial charge in [0, 0.05) is 44.0 Å². The highest BCUT2D eigenvalue weighted by atomic mass is 35.5. The van der Waals surface area contributed by atoms with Crippen molar-refractivity contribution in [3.05, 3.63) is 136 Å². The molecule has 4 aromatic carbocycles. The average molecular weight is 644 g/mol. The van der Waals surface area contributed by atoms with Crippen LogP contribution in [0.2, 0.25) is 5.02 Å². The number of carbonyl (C=O) groups is 2. The number of benzene rings is 4. The molecule has 2 amide bonds. The van der Waals surface area contributed by atoms with Crippen molar-refractivity contribution in [2.45, 2.75) is 56.1 Å². The molecule has 1 aliphatic heterocycles. The minimum absolute atomic E-state index is 0.161. The summed E-state index contributed by atoms with van der Waals surface area (Å²) in [7, 11) is -3.51. The average Bonchev–Trinajstić information content (AvgIpc) is 3.62. The van der Waals surface area contributed by atoms with Crippen LogP contribution in [0.15, 0.2) is 114 Å². The first-order valence-electron chi connectivity index (χ1n) is 15.3. The lowest BCUT2D eigenvalue weighted by atomic mass is 10.0. The lowest BCUT2D eigenvalue weighted by Gasteiger charge is -2.32. The fourth-order valence-corrected chi connectivity index (χ4v) is 7.30. The van der Waals surface area contributed by atoms with Gasteiger partial charge in [0.2, 0.25) is 21.8 Å². The molecule has 0 aromatic heterocycles. The van der Waals surface area contributed by atoms with Crippen molar-refractivity contribution < 1.29 is 18.0 Å². The van der Waals surface area contributed by atoms with E-state index in [1.165, 1.54) is 4.31 Å². The molecule has 1 atom stereocenters. The normalized spacial score (nSPS) is 14.2. The van der Waals surface area contributed by atoms with E-state index in [0.717, 1.165) is 35.1 Å². The zero-order chi connectivity index (χ0) is 31.6. The van der Waals surface area contributed by atoms with E-state index in [0.29, 0.717) is 31.0 Å². The number of nitrogens with zero attached hydrogens (tertiary/aromatic N) is 2. The maximum absolute atomic E-state index is 14.0. The molecule has 1 saturated heterocycles. The number of halogens is 1. The molecule has 1 aliphatic rings. The second-order valence-electron chi connectivity index (χ2n) is 11.3. The van der Waals surface area contributed by atoms with Crippen LogP contribution in [0.5, 0.6) is 0 Å². The summed E-state index contributed by atoms with van der Waals surface area (Å²) < 4.78 is 27.4. The second kappa shape index (κ2) is 15.3. The third-order valence-corrected chi connectivity index (χ3v) is 10.4. The van der Waals surface area contributed by atoms with Gasteiger partial charge in [0.05, 0.1) is 4.90 Å². The minimum atomic E-state index is -3.51. The van der Waals surface area contributed by atoms with Crippen LogP contribution in [0.4, 0.5) is 0 Å². The highest BCUT2D eigenvalue weighted by Crippen LogP contribution is 2.22. The molecule has 9 heteroatoms. The summed E-state index contributed by atoms with van der Waals surface area (Å²) in [4.78, 5) is 29.8. The number of hydrogen-bond acceptors (Lipinski definition) is 4. The smallest absolute Gasteiger partial charge is 0.243 e. The summed E-state index contributed by atoms with van der Waals surface area (Å²) in [6.07, 6.45) is 2.67. The van der Waals surface area contributed by atoms with Gasteiger partial charge < -0.3 is 10.2 Å². The van der Waals surface area contributed by atoms with Gasteiger partial charge in [0.1, 0.15) is 6.04 Å². The number of sulfonamides is 1. The van der Waals surface area contributed by atoms with Crippen molar-refractivity contribution in [1.29, 1.82) is 0 Å². The largest absolute Gasteiger partial charge is 0.350 e. The highest BCUT2D eigenvalue weighted by molar-refractivity contribution is 7.89. The Morgan fingerprint density at radius 1 is 0.778 bits per heavy atom. The fraction of sp³-hybridized carbons (Fsp3) is 0.278. The van der Waals surface area contributed by atoms with Crippen LogP contribution < -0.4 is 5.32 Å². The summed E-state index contributed by atoms with van der Waals surface area (Å²) >= 11 is 6.35. The minimum Gasteiger partial charge on any atom is -0.350 e. The molecule has 45 heavy (non-hydrogen) atoms. The summed E-state index contributed by atoms with van der Waals surface area (Å²) in [6.45, 7) is 1.60. The SMILES string of the molecule is O=C(NCc1ccccc1Cl)[C@H](Cc1ccccc1)N(Cc1ccccc1)C(=O)CCc1ccc(S(=O)(=O)N2CCCC2)cc1. The quantitative estimate of drug-likeness (QED) is 0.193. The molecular weight excluding hydrogens is 606 g/mol. The van der Waals surface area contributed by atoms with Gasteiger partial charge in [-0.3, -0.25) is 9.59 Å². The summed E-state index contributed by atoms with van der Waals surface area (Å²) in [5.41, 5.74) is 3.50. The monoisotopic (exact) mass is 643 g/mol. The van der Waals surface area contributed by atoms with Crippen LogP contribution in [-0.4, -0.2) is 48.6 Å².